The molecule has 2 rings (SSSR count). The van der Waals surface area contributed by atoms with Crippen LogP contribution < -0.4 is 10.8 Å². The van der Waals surface area contributed by atoms with E-state index < -0.39 is 11.9 Å². The number of carbonyl (C=O) groups is 1. The van der Waals surface area contributed by atoms with Crippen LogP contribution in [0.1, 0.15) is 41.8 Å². The molecule has 0 fully saturated rings. The van der Waals surface area contributed by atoms with E-state index >= 15 is 0 Å². The summed E-state index contributed by atoms with van der Waals surface area (Å²) in [5.41, 5.74) is 5.89. The minimum Gasteiger partial charge on any atom is -0.374 e. The molecule has 6 heteroatoms. The number of anilines is 1. The summed E-state index contributed by atoms with van der Waals surface area (Å²) in [7, 11) is 0. The van der Waals surface area contributed by atoms with E-state index in [-0.39, 0.29) is 5.82 Å². The largest absolute Gasteiger partial charge is 0.374 e. The van der Waals surface area contributed by atoms with Gasteiger partial charge < -0.3 is 9.88 Å². The third kappa shape index (κ3) is 4.85. The molecule has 1 aromatic carbocycles. The van der Waals surface area contributed by atoms with Crippen molar-refractivity contribution in [2.24, 2.45) is 0 Å². The van der Waals surface area contributed by atoms with Crippen molar-refractivity contribution in [3.05, 3.63) is 52.6 Å². The molecule has 2 aromatic rings. The van der Waals surface area contributed by atoms with Gasteiger partial charge in [-0.2, -0.15) is 0 Å². The predicted molar refractivity (Wildman–Crippen MR) is 101 cm³/mol. The second kappa shape index (κ2) is 8.85. The van der Waals surface area contributed by atoms with Gasteiger partial charge in [-0.1, -0.05) is 0 Å². The number of amides is 1. The van der Waals surface area contributed by atoms with E-state index in [4.69, 9.17) is 5.21 Å². The van der Waals surface area contributed by atoms with Gasteiger partial charge in [0.25, 0.3) is 5.91 Å². The van der Waals surface area contributed by atoms with Gasteiger partial charge in [0.05, 0.1) is 0 Å². The Kier molecular flexibility index (Phi) is 6.80. The third-order valence-corrected chi connectivity index (χ3v) is 4.75. The molecule has 0 unspecified atom stereocenters. The minimum atomic E-state index is -0.573. The molecule has 1 heterocycles. The first-order valence-electron chi connectivity index (χ1n) is 8.93. The fourth-order valence-corrected chi connectivity index (χ4v) is 3.25. The van der Waals surface area contributed by atoms with Crippen LogP contribution in [0.2, 0.25) is 0 Å². The first kappa shape index (κ1) is 20.0. The number of hydrogen-bond donors (Lipinski definition) is 3. The molecule has 1 atom stereocenters. The molecule has 1 amide bonds. The quantitative estimate of drug-likeness (QED) is 0.378. The summed E-state index contributed by atoms with van der Waals surface area (Å²) in [6, 6.07) is 6.96. The summed E-state index contributed by atoms with van der Waals surface area (Å²) < 4.78 is 16.0. The summed E-state index contributed by atoms with van der Waals surface area (Å²) in [6.07, 6.45) is 2.32. The standard InChI is InChI=1S/C20H28FN3O2/c1-13-11-17(12-14(2)19(13)21)22-18(20(25)23-26)7-5-6-10-24-15(3)8-9-16(24)4/h8-9,11-12,18,22,26H,5-7,10H2,1-4H3,(H,23,25)/t18-/m1/s1. The molecule has 0 saturated heterocycles. The first-order chi connectivity index (χ1) is 12.3. The van der Waals surface area contributed by atoms with Gasteiger partial charge in [-0.3, -0.25) is 10.0 Å². The van der Waals surface area contributed by atoms with Crippen molar-refractivity contribution in [3.8, 4) is 0 Å². The Hall–Kier alpha value is -2.34. The van der Waals surface area contributed by atoms with E-state index in [1.54, 1.807) is 31.5 Å². The van der Waals surface area contributed by atoms with Crippen molar-refractivity contribution >= 4 is 11.6 Å². The number of aryl methyl sites for hydroxylation is 4. The van der Waals surface area contributed by atoms with Gasteiger partial charge in [-0.15, -0.1) is 0 Å². The third-order valence-electron chi connectivity index (χ3n) is 4.75. The lowest BCUT2D eigenvalue weighted by atomic mass is 10.1. The van der Waals surface area contributed by atoms with Crippen molar-refractivity contribution < 1.29 is 14.4 Å². The molecule has 0 spiro atoms. The number of carbonyl (C=O) groups excluding carboxylic acids is 1. The zero-order chi connectivity index (χ0) is 19.3. The Morgan fingerprint density at radius 2 is 1.69 bits per heavy atom. The Morgan fingerprint density at radius 3 is 2.23 bits per heavy atom. The number of unbranched alkanes of at least 4 members (excludes halogenated alkanes) is 1. The molecular weight excluding hydrogens is 333 g/mol. The number of hydrogen-bond acceptors (Lipinski definition) is 3. The maximum Gasteiger partial charge on any atom is 0.265 e. The average molecular weight is 361 g/mol. The van der Waals surface area contributed by atoms with Crippen LogP contribution >= 0.6 is 0 Å². The number of aromatic nitrogens is 1. The topological polar surface area (TPSA) is 66.3 Å². The summed E-state index contributed by atoms with van der Waals surface area (Å²) in [5.74, 6) is -0.728. The lowest BCUT2D eigenvalue weighted by molar-refractivity contribution is -0.130. The zero-order valence-corrected chi connectivity index (χ0v) is 15.9. The fourth-order valence-electron chi connectivity index (χ4n) is 3.25. The van der Waals surface area contributed by atoms with Crippen molar-refractivity contribution in [1.29, 1.82) is 0 Å². The van der Waals surface area contributed by atoms with E-state index in [1.165, 1.54) is 11.4 Å². The average Bonchev–Trinajstić information content (AvgIpc) is 2.93. The highest BCUT2D eigenvalue weighted by Crippen LogP contribution is 2.20. The van der Waals surface area contributed by atoms with Crippen molar-refractivity contribution in [2.45, 2.75) is 59.5 Å². The van der Waals surface area contributed by atoms with Crippen LogP contribution in [0.25, 0.3) is 0 Å². The highest BCUT2D eigenvalue weighted by atomic mass is 19.1. The van der Waals surface area contributed by atoms with Crippen LogP contribution in [0, 0.1) is 33.5 Å². The molecule has 0 radical (unpaired) electrons. The lowest BCUT2D eigenvalue weighted by Gasteiger charge is -2.19. The number of rotatable bonds is 8. The maximum atomic E-state index is 13.8. The van der Waals surface area contributed by atoms with Gasteiger partial charge in [0.1, 0.15) is 11.9 Å². The van der Waals surface area contributed by atoms with Gasteiger partial charge >= 0.3 is 0 Å². The SMILES string of the molecule is Cc1cc(N[C@H](CCCCn2c(C)ccc2C)C(=O)NO)cc(C)c1F. The second-order valence-corrected chi connectivity index (χ2v) is 6.86. The number of nitrogens with one attached hydrogen (secondary N) is 2. The smallest absolute Gasteiger partial charge is 0.265 e. The van der Waals surface area contributed by atoms with Crippen LogP contribution in [0.5, 0.6) is 0 Å². The summed E-state index contributed by atoms with van der Waals surface area (Å²) >= 11 is 0. The summed E-state index contributed by atoms with van der Waals surface area (Å²) in [4.78, 5) is 12.0. The van der Waals surface area contributed by atoms with E-state index in [0.29, 0.717) is 23.2 Å². The second-order valence-electron chi connectivity index (χ2n) is 6.86. The molecule has 5 nitrogen and oxygen atoms in total. The van der Waals surface area contributed by atoms with Crippen molar-refractivity contribution in [3.63, 3.8) is 0 Å². The van der Waals surface area contributed by atoms with E-state index in [9.17, 15) is 9.18 Å². The molecular formula is C20H28FN3O2. The molecule has 26 heavy (non-hydrogen) atoms. The van der Waals surface area contributed by atoms with E-state index in [2.05, 4.69) is 35.9 Å². The Balaban J connectivity index is 1.96. The summed E-state index contributed by atoms with van der Waals surface area (Å²) in [6.45, 7) is 8.44. The normalized spacial score (nSPS) is 12.1. The fraction of sp³-hybridized carbons (Fsp3) is 0.450. The van der Waals surface area contributed by atoms with Crippen LogP contribution in [0.4, 0.5) is 10.1 Å². The van der Waals surface area contributed by atoms with E-state index in [0.717, 1.165) is 19.4 Å². The van der Waals surface area contributed by atoms with Gasteiger partial charge in [0.2, 0.25) is 0 Å². The summed E-state index contributed by atoms with van der Waals surface area (Å²) in [5, 5.41) is 12.1. The zero-order valence-electron chi connectivity index (χ0n) is 15.9. The Morgan fingerprint density at radius 1 is 1.12 bits per heavy atom. The van der Waals surface area contributed by atoms with Crippen molar-refractivity contribution in [1.82, 2.24) is 10.0 Å². The van der Waals surface area contributed by atoms with Gasteiger partial charge in [-0.05, 0) is 82.3 Å². The molecule has 0 aliphatic heterocycles. The van der Waals surface area contributed by atoms with Crippen LogP contribution in [-0.2, 0) is 11.3 Å². The molecule has 0 bridgehead atoms. The van der Waals surface area contributed by atoms with Crippen molar-refractivity contribution in [2.75, 3.05) is 5.32 Å². The molecule has 1 aromatic heterocycles. The molecule has 142 valence electrons. The number of halogens is 1. The maximum absolute atomic E-state index is 13.8. The van der Waals surface area contributed by atoms with Crippen LogP contribution in [-0.4, -0.2) is 21.7 Å². The molecule has 3 N–H and O–H groups in total. The molecule has 0 saturated carbocycles. The lowest BCUT2D eigenvalue weighted by Crippen LogP contribution is -2.38. The Labute approximate surface area is 154 Å². The highest BCUT2D eigenvalue weighted by molar-refractivity contribution is 5.83. The first-order valence-corrected chi connectivity index (χ1v) is 8.93. The Bertz CT molecular complexity index is 728. The molecule has 0 aliphatic carbocycles. The molecule has 0 aliphatic rings. The predicted octanol–water partition coefficient (Wildman–Crippen LogP) is 4.02. The van der Waals surface area contributed by atoms with E-state index in [1.807, 2.05) is 0 Å². The van der Waals surface area contributed by atoms with Gasteiger partial charge in [-0.25, -0.2) is 9.87 Å². The van der Waals surface area contributed by atoms with Crippen LogP contribution in [0.3, 0.4) is 0 Å². The number of benzene rings is 1. The van der Waals surface area contributed by atoms with Gasteiger partial charge in [0.15, 0.2) is 0 Å². The van der Waals surface area contributed by atoms with Gasteiger partial charge in [0, 0.05) is 23.6 Å². The number of hydroxylamine groups is 1. The monoisotopic (exact) mass is 361 g/mol. The minimum absolute atomic E-state index is 0.240. The highest BCUT2D eigenvalue weighted by Gasteiger charge is 2.18. The number of nitrogens with zero attached hydrogens (tertiary/aromatic N) is 1. The van der Waals surface area contributed by atoms with Crippen LogP contribution in [0.15, 0.2) is 24.3 Å².